The number of nitrogens with one attached hydrogen (secondary N) is 1. The van der Waals surface area contributed by atoms with E-state index in [1.165, 1.54) is 6.42 Å². The van der Waals surface area contributed by atoms with E-state index in [4.69, 9.17) is 11.6 Å². The third-order valence-electron chi connectivity index (χ3n) is 2.94. The van der Waals surface area contributed by atoms with Crippen molar-refractivity contribution >= 4 is 17.3 Å². The Bertz CT molecular complexity index is 328. The van der Waals surface area contributed by atoms with E-state index in [0.29, 0.717) is 17.6 Å². The second kappa shape index (κ2) is 4.81. The van der Waals surface area contributed by atoms with E-state index in [1.54, 1.807) is 12.3 Å². The molecule has 1 aromatic rings. The molecule has 4 heteroatoms. The van der Waals surface area contributed by atoms with Crippen LogP contribution in [0.4, 0.5) is 5.69 Å². The molecule has 0 amide bonds. The molecule has 1 aliphatic carbocycles. The van der Waals surface area contributed by atoms with Gasteiger partial charge in [0.05, 0.1) is 6.10 Å². The first-order chi connectivity index (χ1) is 7.25. The highest BCUT2D eigenvalue weighted by molar-refractivity contribution is 6.29. The highest BCUT2D eigenvalue weighted by atomic mass is 35.5. The molecule has 15 heavy (non-hydrogen) atoms. The molecule has 1 heterocycles. The summed E-state index contributed by atoms with van der Waals surface area (Å²) >= 11 is 5.75. The van der Waals surface area contributed by atoms with Crippen LogP contribution in [0.25, 0.3) is 0 Å². The van der Waals surface area contributed by atoms with Crippen LogP contribution in [0.15, 0.2) is 18.3 Å². The number of aliphatic hydroxyl groups is 1. The van der Waals surface area contributed by atoms with Gasteiger partial charge < -0.3 is 10.4 Å². The smallest absolute Gasteiger partial charge is 0.131 e. The molecule has 1 aliphatic rings. The molecule has 1 saturated carbocycles. The highest BCUT2D eigenvalue weighted by Gasteiger charge is 2.24. The SMILES string of the molecule is OC(CNc1ccnc(Cl)c1)C1CCC1. The van der Waals surface area contributed by atoms with Gasteiger partial charge in [-0.25, -0.2) is 4.98 Å². The Morgan fingerprint density at radius 2 is 2.40 bits per heavy atom. The van der Waals surface area contributed by atoms with Crippen molar-refractivity contribution in [2.45, 2.75) is 25.4 Å². The molecule has 3 nitrogen and oxygen atoms in total. The molecule has 1 aromatic heterocycles. The molecule has 0 radical (unpaired) electrons. The number of pyridine rings is 1. The Morgan fingerprint density at radius 3 is 3.00 bits per heavy atom. The van der Waals surface area contributed by atoms with Gasteiger partial charge in [-0.3, -0.25) is 0 Å². The molecule has 1 unspecified atom stereocenters. The Kier molecular flexibility index (Phi) is 3.44. The van der Waals surface area contributed by atoms with Crippen LogP contribution < -0.4 is 5.32 Å². The number of nitrogens with zero attached hydrogens (tertiary/aromatic N) is 1. The van der Waals surface area contributed by atoms with E-state index >= 15 is 0 Å². The summed E-state index contributed by atoms with van der Waals surface area (Å²) < 4.78 is 0. The lowest BCUT2D eigenvalue weighted by molar-refractivity contribution is 0.0730. The van der Waals surface area contributed by atoms with Crippen LogP contribution in [0.3, 0.4) is 0 Å². The average molecular weight is 227 g/mol. The molecule has 0 aliphatic heterocycles. The Morgan fingerprint density at radius 1 is 1.60 bits per heavy atom. The summed E-state index contributed by atoms with van der Waals surface area (Å²) in [5.74, 6) is 0.481. The molecule has 2 N–H and O–H groups in total. The second-order valence-electron chi connectivity index (χ2n) is 4.01. The van der Waals surface area contributed by atoms with Crippen LogP contribution in [-0.4, -0.2) is 22.7 Å². The van der Waals surface area contributed by atoms with E-state index in [0.717, 1.165) is 18.5 Å². The molecule has 0 aromatic carbocycles. The normalized spacial score (nSPS) is 18.3. The molecule has 82 valence electrons. The molecule has 0 saturated heterocycles. The number of rotatable bonds is 4. The van der Waals surface area contributed by atoms with Gasteiger partial charge in [-0.05, 0) is 30.9 Å². The molecule has 0 spiro atoms. The minimum absolute atomic E-state index is 0.245. The number of aromatic nitrogens is 1. The summed E-state index contributed by atoms with van der Waals surface area (Å²) in [4.78, 5) is 3.89. The lowest BCUT2D eigenvalue weighted by Gasteiger charge is -2.30. The van der Waals surface area contributed by atoms with Crippen LogP contribution in [0, 0.1) is 5.92 Å². The molecular formula is C11H15ClN2O. The predicted octanol–water partition coefficient (Wildman–Crippen LogP) is 2.31. The van der Waals surface area contributed by atoms with Gasteiger partial charge in [0.15, 0.2) is 0 Å². The molecule has 2 rings (SSSR count). The van der Waals surface area contributed by atoms with Crippen molar-refractivity contribution in [3.8, 4) is 0 Å². The van der Waals surface area contributed by atoms with E-state index in [-0.39, 0.29) is 6.10 Å². The van der Waals surface area contributed by atoms with E-state index in [2.05, 4.69) is 10.3 Å². The monoisotopic (exact) mass is 226 g/mol. The van der Waals surface area contributed by atoms with Crippen LogP contribution in [-0.2, 0) is 0 Å². The van der Waals surface area contributed by atoms with Crippen molar-refractivity contribution in [3.05, 3.63) is 23.5 Å². The largest absolute Gasteiger partial charge is 0.391 e. The zero-order chi connectivity index (χ0) is 10.7. The Hall–Kier alpha value is -0.800. The van der Waals surface area contributed by atoms with Crippen molar-refractivity contribution < 1.29 is 5.11 Å². The second-order valence-corrected chi connectivity index (χ2v) is 4.39. The van der Waals surface area contributed by atoms with Gasteiger partial charge >= 0.3 is 0 Å². The van der Waals surface area contributed by atoms with Crippen LogP contribution in [0.2, 0.25) is 5.15 Å². The fourth-order valence-electron chi connectivity index (χ4n) is 1.73. The first-order valence-electron chi connectivity index (χ1n) is 5.29. The summed E-state index contributed by atoms with van der Waals surface area (Å²) in [7, 11) is 0. The summed E-state index contributed by atoms with van der Waals surface area (Å²) in [6, 6.07) is 3.61. The standard InChI is InChI=1S/C11H15ClN2O/c12-11-6-9(4-5-13-11)14-7-10(15)8-2-1-3-8/h4-6,8,10,15H,1-3,7H2,(H,13,14). The number of hydrogen-bond acceptors (Lipinski definition) is 3. The first kappa shape index (κ1) is 10.7. The summed E-state index contributed by atoms with van der Waals surface area (Å²) in [6.07, 6.45) is 4.97. The molecule has 1 fully saturated rings. The van der Waals surface area contributed by atoms with Crippen molar-refractivity contribution in [2.75, 3.05) is 11.9 Å². The lowest BCUT2D eigenvalue weighted by atomic mass is 9.81. The third kappa shape index (κ3) is 2.83. The van der Waals surface area contributed by atoms with Crippen molar-refractivity contribution in [1.29, 1.82) is 0 Å². The fourth-order valence-corrected chi connectivity index (χ4v) is 1.90. The maximum atomic E-state index is 9.79. The summed E-state index contributed by atoms with van der Waals surface area (Å²) in [5.41, 5.74) is 0.911. The highest BCUT2D eigenvalue weighted by Crippen LogP contribution is 2.29. The van der Waals surface area contributed by atoms with Crippen molar-refractivity contribution in [1.82, 2.24) is 4.98 Å². The van der Waals surface area contributed by atoms with Gasteiger partial charge in [-0.15, -0.1) is 0 Å². The Balaban J connectivity index is 1.81. The first-order valence-corrected chi connectivity index (χ1v) is 5.67. The minimum Gasteiger partial charge on any atom is -0.391 e. The number of anilines is 1. The zero-order valence-corrected chi connectivity index (χ0v) is 9.24. The minimum atomic E-state index is -0.245. The molecular weight excluding hydrogens is 212 g/mol. The van der Waals surface area contributed by atoms with Crippen LogP contribution in [0.1, 0.15) is 19.3 Å². The van der Waals surface area contributed by atoms with E-state index < -0.39 is 0 Å². The zero-order valence-electron chi connectivity index (χ0n) is 8.49. The van der Waals surface area contributed by atoms with Gasteiger partial charge in [0.25, 0.3) is 0 Å². The van der Waals surface area contributed by atoms with Crippen molar-refractivity contribution in [2.24, 2.45) is 5.92 Å². The summed E-state index contributed by atoms with van der Waals surface area (Å²) in [5, 5.41) is 13.4. The quantitative estimate of drug-likeness (QED) is 0.775. The van der Waals surface area contributed by atoms with Crippen LogP contribution >= 0.6 is 11.6 Å². The number of hydrogen-bond donors (Lipinski definition) is 2. The molecule has 1 atom stereocenters. The lowest BCUT2D eigenvalue weighted by Crippen LogP contribution is -2.32. The predicted molar refractivity (Wildman–Crippen MR) is 61.1 cm³/mol. The Labute approximate surface area is 94.5 Å². The van der Waals surface area contributed by atoms with Gasteiger partial charge in [0, 0.05) is 18.4 Å². The van der Waals surface area contributed by atoms with Crippen molar-refractivity contribution in [3.63, 3.8) is 0 Å². The van der Waals surface area contributed by atoms with E-state index in [9.17, 15) is 5.11 Å². The topological polar surface area (TPSA) is 45.1 Å². The van der Waals surface area contributed by atoms with Gasteiger partial charge in [-0.2, -0.15) is 0 Å². The van der Waals surface area contributed by atoms with E-state index in [1.807, 2.05) is 6.07 Å². The molecule has 0 bridgehead atoms. The number of halogens is 1. The fraction of sp³-hybridized carbons (Fsp3) is 0.545. The van der Waals surface area contributed by atoms with Gasteiger partial charge in [0.2, 0.25) is 0 Å². The maximum Gasteiger partial charge on any atom is 0.131 e. The number of aliphatic hydroxyl groups excluding tert-OH is 1. The third-order valence-corrected chi connectivity index (χ3v) is 3.14. The summed E-state index contributed by atoms with van der Waals surface area (Å²) in [6.45, 7) is 0.588. The maximum absolute atomic E-state index is 9.79. The van der Waals surface area contributed by atoms with Gasteiger partial charge in [0.1, 0.15) is 5.15 Å². The van der Waals surface area contributed by atoms with Crippen LogP contribution in [0.5, 0.6) is 0 Å². The average Bonchev–Trinajstić information content (AvgIpc) is 2.12. The van der Waals surface area contributed by atoms with Gasteiger partial charge in [-0.1, -0.05) is 18.0 Å².